The molecular formula is C70H81BN6O12S. The van der Waals surface area contributed by atoms with Crippen LogP contribution < -0.4 is 36.4 Å². The van der Waals surface area contributed by atoms with Crippen LogP contribution in [0.1, 0.15) is 132 Å². The largest absolute Gasteiger partial charge is 0.497 e. The SMILES string of the molecule is C=C(/C=C1\C(=O)C(/C=C2/N(C)c3ccccc3C2(C)C)=C1N1CCC[C@@H]1C(=O)NC(CS(=O)(=O)O)C(=O)NCCCCC(=O)NCCNC(=O)c1cc(CCCCc2ccc(C(=O)c3ccccc3)cc2)c(OC)c2c1COB2O)C(C)(C)c1ccccc1C. The minimum absolute atomic E-state index is 0.00632. The zero-order valence-corrected chi connectivity index (χ0v) is 53.2. The number of nitrogens with one attached hydrogen (secondary N) is 4. The van der Waals surface area contributed by atoms with E-state index >= 15 is 0 Å². The van der Waals surface area contributed by atoms with E-state index in [1.807, 2.05) is 124 Å². The van der Waals surface area contributed by atoms with Crippen LogP contribution in [0.25, 0.3) is 0 Å². The molecule has 4 amide bonds. The number of hydrogen-bond donors (Lipinski definition) is 6. The molecule has 2 atom stereocenters. The number of carbonyl (C=O) groups excluding carboxylic acids is 6. The lowest BCUT2D eigenvalue weighted by atomic mass is 9.73. The van der Waals surface area contributed by atoms with Gasteiger partial charge in [0.15, 0.2) is 11.6 Å². The molecule has 5 aromatic rings. The molecule has 1 fully saturated rings. The molecule has 0 aromatic heterocycles. The molecule has 472 valence electrons. The first-order chi connectivity index (χ1) is 42.9. The van der Waals surface area contributed by atoms with E-state index in [0.717, 1.165) is 58.5 Å². The number of hydrogen-bond acceptors (Lipinski definition) is 13. The fraction of sp³-hybridized carbons (Fsp3) is 0.371. The van der Waals surface area contributed by atoms with E-state index in [1.54, 1.807) is 24.3 Å². The van der Waals surface area contributed by atoms with Crippen molar-refractivity contribution in [1.29, 1.82) is 0 Å². The number of allylic oxidation sites excluding steroid dienone is 6. The number of unbranched alkanes of at least 4 members (excludes halogenated alkanes) is 2. The fourth-order valence-electron chi connectivity index (χ4n) is 12.8. The van der Waals surface area contributed by atoms with Crippen LogP contribution in [-0.4, -0.2) is 123 Å². The number of likely N-dealkylation sites (tertiary alicyclic amines) is 1. The molecule has 5 aromatic carbocycles. The van der Waals surface area contributed by atoms with Gasteiger partial charge in [-0.1, -0.05) is 131 Å². The lowest BCUT2D eigenvalue weighted by Gasteiger charge is -2.38. The molecule has 1 unspecified atom stereocenters. The van der Waals surface area contributed by atoms with Crippen molar-refractivity contribution >= 4 is 63.6 Å². The van der Waals surface area contributed by atoms with E-state index in [9.17, 15) is 46.8 Å². The van der Waals surface area contributed by atoms with Crippen LogP contribution in [0.4, 0.5) is 5.69 Å². The number of fused-ring (bicyclic) bond motifs is 2. The maximum Gasteiger partial charge on any atom is 0.495 e. The van der Waals surface area contributed by atoms with Crippen molar-refractivity contribution in [2.75, 3.05) is 51.0 Å². The summed E-state index contributed by atoms with van der Waals surface area (Å²) in [5.41, 5.74) is 10.4. The lowest BCUT2D eigenvalue weighted by molar-refractivity contribution is -0.130. The van der Waals surface area contributed by atoms with E-state index in [0.29, 0.717) is 94.5 Å². The molecule has 3 heterocycles. The number of Topliss-reactive ketones (excluding diaryl/α,β-unsaturated/α-hetero) is 1. The molecule has 6 N–H and O–H groups in total. The van der Waals surface area contributed by atoms with Crippen LogP contribution in [0, 0.1) is 6.92 Å². The number of benzene rings is 5. The zero-order valence-electron chi connectivity index (χ0n) is 52.4. The average molecular weight is 1240 g/mol. The van der Waals surface area contributed by atoms with E-state index < -0.39 is 63.6 Å². The Hall–Kier alpha value is -8.43. The molecule has 90 heavy (non-hydrogen) atoms. The first-order valence-corrected chi connectivity index (χ1v) is 32.4. The fourth-order valence-corrected chi connectivity index (χ4v) is 13.4. The monoisotopic (exact) mass is 1240 g/mol. The second-order valence-corrected chi connectivity index (χ2v) is 26.1. The predicted octanol–water partition coefficient (Wildman–Crippen LogP) is 7.60. The second-order valence-electron chi connectivity index (χ2n) is 24.6. The smallest absolute Gasteiger partial charge is 0.495 e. The molecule has 1 aliphatic carbocycles. The summed E-state index contributed by atoms with van der Waals surface area (Å²) in [5, 5.41) is 21.7. The maximum absolute atomic E-state index is 14.6. The molecule has 0 bridgehead atoms. The van der Waals surface area contributed by atoms with Crippen molar-refractivity contribution in [3.8, 4) is 5.75 Å². The highest BCUT2D eigenvalue weighted by Gasteiger charge is 2.46. The van der Waals surface area contributed by atoms with Gasteiger partial charge in [0.2, 0.25) is 17.7 Å². The third-order valence-electron chi connectivity index (χ3n) is 17.9. The molecule has 0 spiro atoms. The second kappa shape index (κ2) is 28.2. The summed E-state index contributed by atoms with van der Waals surface area (Å²) in [6.45, 7) is 15.4. The van der Waals surface area contributed by atoms with Gasteiger partial charge in [-0.05, 0) is 122 Å². The highest BCUT2D eigenvalue weighted by Crippen LogP contribution is 2.49. The van der Waals surface area contributed by atoms with E-state index in [1.165, 1.54) is 7.11 Å². The number of ether oxygens (including phenoxy) is 1. The third-order valence-corrected chi connectivity index (χ3v) is 18.6. The van der Waals surface area contributed by atoms with Crippen molar-refractivity contribution in [2.24, 2.45) is 0 Å². The average Bonchev–Trinajstić information content (AvgIpc) is 1.42. The van der Waals surface area contributed by atoms with Crippen LogP contribution in [-0.2, 0) is 64.2 Å². The first kappa shape index (κ1) is 66.0. The van der Waals surface area contributed by atoms with E-state index in [4.69, 9.17) is 9.39 Å². The molecule has 4 aliphatic rings. The topological polar surface area (TPSA) is 250 Å². The van der Waals surface area contributed by atoms with Crippen molar-refractivity contribution < 1.29 is 56.2 Å². The normalized spacial score (nSPS) is 17.2. The number of rotatable bonds is 27. The van der Waals surface area contributed by atoms with Gasteiger partial charge in [-0.25, -0.2) is 0 Å². The summed E-state index contributed by atoms with van der Waals surface area (Å²) in [6, 6.07) is 32.0. The van der Waals surface area contributed by atoms with Crippen LogP contribution in [0.3, 0.4) is 0 Å². The number of carbonyl (C=O) groups is 6. The van der Waals surface area contributed by atoms with Gasteiger partial charge in [0.1, 0.15) is 23.6 Å². The van der Waals surface area contributed by atoms with E-state index in [2.05, 4.69) is 52.7 Å². The van der Waals surface area contributed by atoms with Crippen molar-refractivity contribution in [2.45, 2.75) is 122 Å². The number of aryl methyl sites for hydroxylation is 3. The number of para-hydroxylation sites is 1. The third kappa shape index (κ3) is 14.6. The van der Waals surface area contributed by atoms with Gasteiger partial charge in [0.05, 0.1) is 19.4 Å². The van der Waals surface area contributed by atoms with E-state index in [-0.39, 0.29) is 50.1 Å². The minimum atomic E-state index is -4.78. The first-order valence-electron chi connectivity index (χ1n) is 30.8. The Balaban J connectivity index is 0.773. The van der Waals surface area contributed by atoms with Gasteiger partial charge in [-0.15, -0.1) is 0 Å². The minimum Gasteiger partial charge on any atom is -0.497 e. The summed E-state index contributed by atoms with van der Waals surface area (Å²) in [4.78, 5) is 86.2. The maximum atomic E-state index is 14.6. The van der Waals surface area contributed by atoms with Crippen LogP contribution in [0.5, 0.6) is 5.75 Å². The zero-order chi connectivity index (χ0) is 64.7. The van der Waals surface area contributed by atoms with Gasteiger partial charge in [-0.3, -0.25) is 33.3 Å². The summed E-state index contributed by atoms with van der Waals surface area (Å²) >= 11 is 0. The number of amides is 4. The summed E-state index contributed by atoms with van der Waals surface area (Å²) in [7, 11) is -2.58. The molecule has 1 saturated heterocycles. The standard InChI is InChI=1S/C70H81BN6O12S/c1-44-21-12-15-26-54(44)69(3,4)45(2)39-51-62(52(64(51)80)41-59-70(5,6)55-27-16-17-28-57(55)76(59)7)77-38-20-29-58(77)68(83)75-56(43-90(85,86)87)67(82)73-35-19-18-30-60(78)72-36-37-74-66(81)50-40-49(65(88-8)61-53(50)42-89-71(61)84)25-14-13-22-46-31-33-48(34-32-46)63(79)47-23-10-9-11-24-47/h9-12,15-17,21,23-24,26-28,31-34,39-41,56,58,84H,2,13-14,18-20,22,25,29-30,35-38,42-43H2,1,3-8H3,(H,72,78)(H,73,82)(H,74,81)(H,75,83)(H,85,86,87)/b51-39-,59-41+/t56?,58-/m1/s1. The summed E-state index contributed by atoms with van der Waals surface area (Å²) in [5.74, 6) is -3.09. The van der Waals surface area contributed by atoms with Crippen LogP contribution in [0.2, 0.25) is 0 Å². The highest BCUT2D eigenvalue weighted by atomic mass is 32.2. The molecule has 0 saturated carbocycles. The number of ketones is 2. The van der Waals surface area contributed by atoms with Crippen LogP contribution in [0.15, 0.2) is 156 Å². The Morgan fingerprint density at radius 2 is 1.56 bits per heavy atom. The van der Waals surface area contributed by atoms with Gasteiger partial charge in [-0.2, -0.15) is 8.42 Å². The van der Waals surface area contributed by atoms with Gasteiger partial charge >= 0.3 is 7.12 Å². The van der Waals surface area contributed by atoms with Crippen molar-refractivity contribution in [3.63, 3.8) is 0 Å². The molecule has 0 radical (unpaired) electrons. The van der Waals surface area contributed by atoms with Gasteiger partial charge < -0.3 is 45.5 Å². The van der Waals surface area contributed by atoms with Crippen molar-refractivity contribution in [1.82, 2.24) is 26.2 Å². The number of methoxy groups -OCH3 is 1. The Morgan fingerprint density at radius 1 is 0.878 bits per heavy atom. The molecule has 3 aliphatic heterocycles. The Labute approximate surface area is 528 Å². The highest BCUT2D eigenvalue weighted by molar-refractivity contribution is 7.85. The number of nitrogens with zero attached hydrogens (tertiary/aromatic N) is 2. The molecule has 20 heteroatoms. The van der Waals surface area contributed by atoms with Crippen LogP contribution >= 0.6 is 0 Å². The molecular weight excluding hydrogens is 1160 g/mol. The Morgan fingerprint density at radius 3 is 2.27 bits per heavy atom. The number of anilines is 1. The Bertz CT molecular complexity index is 3820. The predicted molar refractivity (Wildman–Crippen MR) is 348 cm³/mol. The molecule has 18 nitrogen and oxygen atoms in total. The molecule has 9 rings (SSSR count). The Kier molecular flexibility index (Phi) is 20.7. The summed E-state index contributed by atoms with van der Waals surface area (Å²) < 4.78 is 46.1. The van der Waals surface area contributed by atoms with Gasteiger partial charge in [0.25, 0.3) is 16.0 Å². The number of likely N-dealkylation sites (N-methyl/N-ethyl adjacent to an activating group) is 1. The lowest BCUT2D eigenvalue weighted by Crippen LogP contribution is -2.55. The quantitative estimate of drug-likeness (QED) is 0.00975. The van der Waals surface area contributed by atoms with Crippen molar-refractivity contribution in [3.05, 3.63) is 206 Å². The van der Waals surface area contributed by atoms with Gasteiger partial charge in [0, 0.05) is 95.2 Å². The summed E-state index contributed by atoms with van der Waals surface area (Å²) in [6.07, 6.45) is 8.15.